The van der Waals surface area contributed by atoms with Gasteiger partial charge in [-0.25, -0.2) is 12.8 Å². The summed E-state index contributed by atoms with van der Waals surface area (Å²) >= 11 is 0. The third-order valence-corrected chi connectivity index (χ3v) is 6.89. The van der Waals surface area contributed by atoms with Crippen LogP contribution in [0.2, 0.25) is 0 Å². The Morgan fingerprint density at radius 1 is 1.19 bits per heavy atom. The largest absolute Gasteiger partial charge is 0.326 e. The highest BCUT2D eigenvalue weighted by Crippen LogP contribution is 2.27. The van der Waals surface area contributed by atoms with Crippen LogP contribution in [0.1, 0.15) is 48.9 Å². The molecule has 0 saturated heterocycles. The van der Waals surface area contributed by atoms with Gasteiger partial charge in [-0.1, -0.05) is 18.9 Å². The van der Waals surface area contributed by atoms with Crippen molar-refractivity contribution in [3.8, 4) is 0 Å². The van der Waals surface area contributed by atoms with E-state index >= 15 is 0 Å². The predicted octanol–water partition coefficient (Wildman–Crippen LogP) is 3.51. The normalized spacial score (nSPS) is 18.6. The summed E-state index contributed by atoms with van der Waals surface area (Å²) in [5.41, 5.74) is 0.884. The highest BCUT2D eigenvalue weighted by Gasteiger charge is 2.30. The van der Waals surface area contributed by atoms with E-state index in [0.29, 0.717) is 12.1 Å². The Balaban J connectivity index is 1.78. The van der Waals surface area contributed by atoms with Gasteiger partial charge in [0, 0.05) is 30.8 Å². The number of carbonyl (C=O) groups excluding carboxylic acids is 1. The maximum absolute atomic E-state index is 13.0. The van der Waals surface area contributed by atoms with Crippen LogP contribution in [-0.4, -0.2) is 31.7 Å². The molecule has 1 N–H and O–H groups in total. The Hall–Kier alpha value is -1.99. The molecule has 0 radical (unpaired) electrons. The number of nitrogens with one attached hydrogen (secondary N) is 1. The van der Waals surface area contributed by atoms with Crippen LogP contribution in [0.25, 0.3) is 0 Å². The zero-order valence-corrected chi connectivity index (χ0v) is 15.6. The van der Waals surface area contributed by atoms with E-state index in [1.54, 1.807) is 19.2 Å². The molecule has 5 nitrogen and oxygen atoms in total. The Morgan fingerprint density at radius 3 is 2.58 bits per heavy atom. The second-order valence-corrected chi connectivity index (χ2v) is 8.74. The quantitative estimate of drug-likeness (QED) is 0.853. The van der Waals surface area contributed by atoms with E-state index in [0.717, 1.165) is 25.7 Å². The smallest absolute Gasteiger partial charge is 0.255 e. The van der Waals surface area contributed by atoms with Gasteiger partial charge >= 0.3 is 0 Å². The summed E-state index contributed by atoms with van der Waals surface area (Å²) in [5, 5.41) is 2.72. The zero-order chi connectivity index (χ0) is 18.7. The van der Waals surface area contributed by atoms with Crippen LogP contribution in [0.3, 0.4) is 0 Å². The number of allylic oxidation sites excluding steroid dienone is 4. The van der Waals surface area contributed by atoms with Crippen LogP contribution >= 0.6 is 0 Å². The van der Waals surface area contributed by atoms with E-state index in [-0.39, 0.29) is 28.7 Å². The second kappa shape index (κ2) is 7.72. The minimum atomic E-state index is -3.64. The summed E-state index contributed by atoms with van der Waals surface area (Å²) in [7, 11) is -2.04. The van der Waals surface area contributed by atoms with Crippen LogP contribution in [0.15, 0.2) is 52.8 Å². The van der Waals surface area contributed by atoms with E-state index < -0.39 is 15.9 Å². The fraction of sp³-hybridized carbons (Fsp3) is 0.421. The molecule has 7 heteroatoms. The van der Waals surface area contributed by atoms with Crippen molar-refractivity contribution in [2.75, 3.05) is 7.05 Å². The predicted molar refractivity (Wildman–Crippen MR) is 97.6 cm³/mol. The lowest BCUT2D eigenvalue weighted by Crippen LogP contribution is -2.35. The first-order valence-corrected chi connectivity index (χ1v) is 10.3. The second-order valence-electron chi connectivity index (χ2n) is 6.75. The molecule has 0 heterocycles. The standard InChI is InChI=1S/C19H23FN2O3S/c1-22(17-6-2-3-7-17)26(24,25)18-8-4-5-14(13-18)19(23)21-16-11-9-15(20)10-12-16/h4-5,8-9,11,13,17H,2-3,6-7,10,12H2,1H3,(H,21,23). The number of carbonyl (C=O) groups is 1. The van der Waals surface area contributed by atoms with E-state index in [9.17, 15) is 17.6 Å². The Kier molecular flexibility index (Phi) is 5.58. The first-order valence-electron chi connectivity index (χ1n) is 8.82. The Bertz CT molecular complexity index is 855. The van der Waals surface area contributed by atoms with E-state index in [1.807, 2.05) is 0 Å². The van der Waals surface area contributed by atoms with Gasteiger partial charge in [0.2, 0.25) is 10.0 Å². The maximum atomic E-state index is 13.0. The summed E-state index contributed by atoms with van der Waals surface area (Å²) in [5.74, 6) is -0.612. The SMILES string of the molecule is CN(C1CCCC1)S(=O)(=O)c1cccc(C(=O)NC2=CC=C(F)CC2)c1. The van der Waals surface area contributed by atoms with Crippen molar-refractivity contribution < 1.29 is 17.6 Å². The minimum Gasteiger partial charge on any atom is -0.326 e. The summed E-state index contributed by atoms with van der Waals surface area (Å²) in [6.07, 6.45) is 7.35. The van der Waals surface area contributed by atoms with Gasteiger partial charge in [-0.3, -0.25) is 4.79 Å². The van der Waals surface area contributed by atoms with Crippen molar-refractivity contribution in [3.05, 3.63) is 53.5 Å². The molecule has 2 aliphatic carbocycles. The van der Waals surface area contributed by atoms with Crippen molar-refractivity contribution in [2.45, 2.75) is 49.5 Å². The molecule has 1 aromatic rings. The third-order valence-electron chi connectivity index (χ3n) is 4.98. The fourth-order valence-corrected chi connectivity index (χ4v) is 4.82. The number of sulfonamides is 1. The van der Waals surface area contributed by atoms with Gasteiger partial charge in [-0.05, 0) is 49.6 Å². The number of hydrogen-bond donors (Lipinski definition) is 1. The van der Waals surface area contributed by atoms with E-state index in [1.165, 1.54) is 28.6 Å². The molecule has 0 unspecified atom stereocenters. The zero-order valence-electron chi connectivity index (χ0n) is 14.7. The van der Waals surface area contributed by atoms with Gasteiger partial charge in [0.25, 0.3) is 5.91 Å². The monoisotopic (exact) mass is 378 g/mol. The fourth-order valence-electron chi connectivity index (χ4n) is 3.36. The molecular formula is C19H23FN2O3S. The van der Waals surface area contributed by atoms with Gasteiger partial charge < -0.3 is 5.32 Å². The van der Waals surface area contributed by atoms with Gasteiger partial charge in [-0.2, -0.15) is 4.31 Å². The van der Waals surface area contributed by atoms with Gasteiger partial charge in [-0.15, -0.1) is 0 Å². The van der Waals surface area contributed by atoms with Crippen molar-refractivity contribution in [1.82, 2.24) is 9.62 Å². The molecule has 0 aromatic heterocycles. The van der Waals surface area contributed by atoms with Gasteiger partial charge in [0.15, 0.2) is 0 Å². The molecule has 1 amide bonds. The van der Waals surface area contributed by atoms with E-state index in [2.05, 4.69) is 5.32 Å². The van der Waals surface area contributed by atoms with Crippen LogP contribution < -0.4 is 5.32 Å². The first kappa shape index (κ1) is 18.8. The van der Waals surface area contributed by atoms with Crippen molar-refractivity contribution in [1.29, 1.82) is 0 Å². The molecular weight excluding hydrogens is 355 g/mol. The lowest BCUT2D eigenvalue weighted by molar-refractivity contribution is 0.0964. The van der Waals surface area contributed by atoms with E-state index in [4.69, 9.17) is 0 Å². The Morgan fingerprint density at radius 2 is 1.92 bits per heavy atom. The summed E-state index contributed by atoms with van der Waals surface area (Å²) in [4.78, 5) is 12.5. The van der Waals surface area contributed by atoms with Crippen molar-refractivity contribution in [2.24, 2.45) is 0 Å². The van der Waals surface area contributed by atoms with Gasteiger partial charge in [0.1, 0.15) is 5.83 Å². The lowest BCUT2D eigenvalue weighted by atomic mass is 10.1. The molecule has 1 aromatic carbocycles. The number of hydrogen-bond acceptors (Lipinski definition) is 3. The molecule has 0 bridgehead atoms. The first-order chi connectivity index (χ1) is 12.4. The Labute approximate surface area is 153 Å². The number of halogens is 1. The highest BCUT2D eigenvalue weighted by atomic mass is 32.2. The number of nitrogens with zero attached hydrogens (tertiary/aromatic N) is 1. The number of amides is 1. The molecule has 0 spiro atoms. The summed E-state index contributed by atoms with van der Waals surface area (Å²) in [6.45, 7) is 0. The molecule has 0 atom stereocenters. The molecule has 2 aliphatic rings. The number of benzene rings is 1. The van der Waals surface area contributed by atoms with Crippen molar-refractivity contribution in [3.63, 3.8) is 0 Å². The summed E-state index contributed by atoms with van der Waals surface area (Å²) in [6, 6.07) is 6.07. The maximum Gasteiger partial charge on any atom is 0.255 e. The highest BCUT2D eigenvalue weighted by molar-refractivity contribution is 7.89. The van der Waals surface area contributed by atoms with Crippen LogP contribution in [0.4, 0.5) is 4.39 Å². The van der Waals surface area contributed by atoms with Crippen LogP contribution in [-0.2, 0) is 10.0 Å². The summed E-state index contributed by atoms with van der Waals surface area (Å²) < 4.78 is 40.2. The molecule has 3 rings (SSSR count). The number of rotatable bonds is 5. The molecule has 26 heavy (non-hydrogen) atoms. The topological polar surface area (TPSA) is 66.5 Å². The average molecular weight is 378 g/mol. The molecule has 0 aliphatic heterocycles. The third kappa shape index (κ3) is 4.04. The van der Waals surface area contributed by atoms with Gasteiger partial charge in [0.05, 0.1) is 4.90 Å². The minimum absolute atomic E-state index is 0.0200. The molecule has 1 saturated carbocycles. The van der Waals surface area contributed by atoms with Crippen LogP contribution in [0.5, 0.6) is 0 Å². The molecule has 1 fully saturated rings. The van der Waals surface area contributed by atoms with Crippen molar-refractivity contribution >= 4 is 15.9 Å². The van der Waals surface area contributed by atoms with Crippen LogP contribution in [0, 0.1) is 0 Å². The lowest BCUT2D eigenvalue weighted by Gasteiger charge is -2.23. The molecule has 140 valence electrons. The average Bonchev–Trinajstić information content (AvgIpc) is 3.17.